The van der Waals surface area contributed by atoms with Crippen LogP contribution in [0.5, 0.6) is 0 Å². The van der Waals surface area contributed by atoms with Crippen molar-refractivity contribution in [2.45, 2.75) is 0 Å². The molecule has 0 amide bonds. The fraction of sp³-hybridized carbons (Fsp3) is 0. The Hall–Kier alpha value is -2.27. The van der Waals surface area contributed by atoms with Gasteiger partial charge in [0.25, 0.3) is 0 Å². The van der Waals surface area contributed by atoms with Gasteiger partial charge >= 0.3 is 0 Å². The molecule has 4 aromatic rings. The average molecular weight is 269 g/mol. The number of benzene rings is 1. The van der Waals surface area contributed by atoms with Crippen molar-refractivity contribution in [3.8, 4) is 10.4 Å². The molecule has 4 rings (SSSR count). The van der Waals surface area contributed by atoms with Crippen molar-refractivity contribution in [1.82, 2.24) is 14.4 Å². The number of hydrogen-bond donors (Lipinski definition) is 0. The Kier molecular flexibility index (Phi) is 2.16. The minimum absolute atomic E-state index is 0.223. The molecule has 3 nitrogen and oxygen atoms in total. The number of halogens is 1. The van der Waals surface area contributed by atoms with Crippen LogP contribution in [0.2, 0.25) is 0 Å². The quantitative estimate of drug-likeness (QED) is 0.527. The molecule has 0 radical (unpaired) electrons. The van der Waals surface area contributed by atoms with Crippen LogP contribution in [-0.4, -0.2) is 14.4 Å². The van der Waals surface area contributed by atoms with Crippen LogP contribution in [0.15, 0.2) is 49.1 Å². The van der Waals surface area contributed by atoms with Gasteiger partial charge in [0.15, 0.2) is 5.65 Å². The van der Waals surface area contributed by atoms with Crippen LogP contribution in [0.1, 0.15) is 0 Å². The Morgan fingerprint density at radius 2 is 1.95 bits per heavy atom. The van der Waals surface area contributed by atoms with Gasteiger partial charge in [0.2, 0.25) is 0 Å². The number of nitrogens with zero attached hydrogens (tertiary/aromatic N) is 3. The Labute approximate surface area is 112 Å². The Bertz CT molecular complexity index is 877. The molecule has 0 fully saturated rings. The molecule has 0 saturated carbocycles. The van der Waals surface area contributed by atoms with E-state index in [1.807, 2.05) is 16.7 Å². The van der Waals surface area contributed by atoms with Crippen LogP contribution >= 0.6 is 11.3 Å². The first-order valence-electron chi connectivity index (χ1n) is 5.78. The van der Waals surface area contributed by atoms with Crippen molar-refractivity contribution >= 4 is 27.2 Å². The monoisotopic (exact) mass is 269 g/mol. The van der Waals surface area contributed by atoms with Gasteiger partial charge in [-0.25, -0.2) is 14.4 Å². The summed E-state index contributed by atoms with van der Waals surface area (Å²) in [5.41, 5.74) is 2.82. The first-order valence-corrected chi connectivity index (χ1v) is 6.60. The predicted octanol–water partition coefficient (Wildman–Crippen LogP) is 3.75. The zero-order valence-corrected chi connectivity index (χ0v) is 10.6. The van der Waals surface area contributed by atoms with E-state index in [2.05, 4.69) is 9.97 Å². The summed E-state index contributed by atoms with van der Waals surface area (Å²) >= 11 is 1.62. The highest BCUT2D eigenvalue weighted by Gasteiger charge is 2.09. The highest BCUT2D eigenvalue weighted by Crippen LogP contribution is 2.34. The molecule has 0 atom stereocenters. The molecule has 0 spiro atoms. The van der Waals surface area contributed by atoms with E-state index in [-0.39, 0.29) is 5.82 Å². The molecule has 0 unspecified atom stereocenters. The third kappa shape index (κ3) is 1.62. The van der Waals surface area contributed by atoms with Crippen LogP contribution in [0.3, 0.4) is 0 Å². The standard InChI is InChI=1S/C14H8FN3S/c15-10-3-1-9(2-4-10)12-7-11-13(19-12)14-16-5-6-18(14)8-17-11/h1-8H. The van der Waals surface area contributed by atoms with Crippen molar-refractivity contribution in [2.75, 3.05) is 0 Å². The minimum atomic E-state index is -0.223. The van der Waals surface area contributed by atoms with Crippen molar-refractivity contribution in [2.24, 2.45) is 0 Å². The molecule has 0 bridgehead atoms. The summed E-state index contributed by atoms with van der Waals surface area (Å²) in [4.78, 5) is 9.81. The van der Waals surface area contributed by atoms with Crippen molar-refractivity contribution < 1.29 is 4.39 Å². The molecule has 3 aromatic heterocycles. The second-order valence-electron chi connectivity index (χ2n) is 4.23. The van der Waals surface area contributed by atoms with Gasteiger partial charge in [-0.2, -0.15) is 0 Å². The lowest BCUT2D eigenvalue weighted by atomic mass is 10.2. The first-order chi connectivity index (χ1) is 9.31. The SMILES string of the molecule is Fc1ccc(-c2cc3ncn4ccnc4c3s2)cc1. The molecule has 5 heteroatoms. The molecular formula is C14H8FN3S. The largest absolute Gasteiger partial charge is 0.289 e. The Morgan fingerprint density at radius 1 is 1.11 bits per heavy atom. The highest BCUT2D eigenvalue weighted by atomic mass is 32.1. The molecule has 1 aromatic carbocycles. The van der Waals surface area contributed by atoms with Gasteiger partial charge in [0.05, 0.1) is 10.2 Å². The number of fused-ring (bicyclic) bond motifs is 3. The summed E-state index contributed by atoms with van der Waals surface area (Å²) in [6.07, 6.45) is 5.39. The van der Waals surface area contributed by atoms with Crippen LogP contribution in [0.4, 0.5) is 4.39 Å². The molecule has 0 aliphatic rings. The molecule has 0 aliphatic carbocycles. The number of aromatic nitrogens is 3. The zero-order chi connectivity index (χ0) is 12.8. The van der Waals surface area contributed by atoms with Gasteiger partial charge < -0.3 is 0 Å². The summed E-state index contributed by atoms with van der Waals surface area (Å²) in [7, 11) is 0. The van der Waals surface area contributed by atoms with E-state index < -0.39 is 0 Å². The fourth-order valence-electron chi connectivity index (χ4n) is 2.10. The maximum absolute atomic E-state index is 13.0. The molecule has 3 heterocycles. The van der Waals surface area contributed by atoms with Gasteiger partial charge in [-0.05, 0) is 23.8 Å². The van der Waals surface area contributed by atoms with Crippen LogP contribution in [-0.2, 0) is 0 Å². The van der Waals surface area contributed by atoms with Crippen LogP contribution in [0.25, 0.3) is 26.3 Å². The topological polar surface area (TPSA) is 30.2 Å². The smallest absolute Gasteiger partial charge is 0.157 e. The van der Waals surface area contributed by atoms with Gasteiger partial charge in [0.1, 0.15) is 12.1 Å². The zero-order valence-electron chi connectivity index (χ0n) is 9.75. The molecule has 92 valence electrons. The van der Waals surface area contributed by atoms with Crippen LogP contribution < -0.4 is 0 Å². The second-order valence-corrected chi connectivity index (χ2v) is 5.29. The van der Waals surface area contributed by atoms with Crippen LogP contribution in [0, 0.1) is 5.82 Å². The van der Waals surface area contributed by atoms with E-state index >= 15 is 0 Å². The van der Waals surface area contributed by atoms with Gasteiger partial charge in [-0.1, -0.05) is 12.1 Å². The minimum Gasteiger partial charge on any atom is -0.289 e. The van der Waals surface area contributed by atoms with Crippen molar-refractivity contribution in [1.29, 1.82) is 0 Å². The molecule has 19 heavy (non-hydrogen) atoms. The second kappa shape index (κ2) is 3.86. The predicted molar refractivity (Wildman–Crippen MR) is 73.8 cm³/mol. The lowest BCUT2D eigenvalue weighted by Gasteiger charge is -1.95. The lowest BCUT2D eigenvalue weighted by Crippen LogP contribution is -1.84. The van der Waals surface area contributed by atoms with E-state index in [0.29, 0.717) is 0 Å². The summed E-state index contributed by atoms with van der Waals surface area (Å²) < 4.78 is 15.9. The highest BCUT2D eigenvalue weighted by molar-refractivity contribution is 7.22. The molecular weight excluding hydrogens is 261 g/mol. The average Bonchev–Trinajstić information content (AvgIpc) is 3.04. The summed E-state index contributed by atoms with van der Waals surface area (Å²) in [6.45, 7) is 0. The Balaban J connectivity index is 1.98. The summed E-state index contributed by atoms with van der Waals surface area (Å²) in [6, 6.07) is 8.52. The van der Waals surface area contributed by atoms with E-state index in [0.717, 1.165) is 26.3 Å². The van der Waals surface area contributed by atoms with Crippen molar-refractivity contribution in [3.05, 3.63) is 54.9 Å². The number of imidazole rings is 1. The van der Waals surface area contributed by atoms with Gasteiger partial charge in [0, 0.05) is 17.3 Å². The summed E-state index contributed by atoms with van der Waals surface area (Å²) in [5.74, 6) is -0.223. The van der Waals surface area contributed by atoms with Crippen molar-refractivity contribution in [3.63, 3.8) is 0 Å². The normalized spacial score (nSPS) is 11.4. The van der Waals surface area contributed by atoms with E-state index in [9.17, 15) is 4.39 Å². The van der Waals surface area contributed by atoms with E-state index in [1.165, 1.54) is 12.1 Å². The maximum Gasteiger partial charge on any atom is 0.157 e. The number of rotatable bonds is 1. The fourth-order valence-corrected chi connectivity index (χ4v) is 3.21. The third-order valence-electron chi connectivity index (χ3n) is 3.03. The molecule has 0 aliphatic heterocycles. The van der Waals surface area contributed by atoms with E-state index in [4.69, 9.17) is 0 Å². The number of thiophene rings is 1. The molecule has 0 N–H and O–H groups in total. The first kappa shape index (κ1) is 10.6. The summed E-state index contributed by atoms with van der Waals surface area (Å²) in [5, 5.41) is 0. The van der Waals surface area contributed by atoms with Gasteiger partial charge in [-0.3, -0.25) is 4.40 Å². The Morgan fingerprint density at radius 3 is 2.79 bits per heavy atom. The van der Waals surface area contributed by atoms with E-state index in [1.54, 1.807) is 36.0 Å². The lowest BCUT2D eigenvalue weighted by molar-refractivity contribution is 0.628. The third-order valence-corrected chi connectivity index (χ3v) is 4.20. The molecule has 0 saturated heterocycles. The maximum atomic E-state index is 13.0. The number of hydrogen-bond acceptors (Lipinski definition) is 3. The van der Waals surface area contributed by atoms with Gasteiger partial charge in [-0.15, -0.1) is 11.3 Å².